The summed E-state index contributed by atoms with van der Waals surface area (Å²) in [5, 5.41) is 8.30. The molecule has 3 aliphatic rings. The van der Waals surface area contributed by atoms with Gasteiger partial charge in [-0.1, -0.05) is 97.1 Å². The molecule has 0 saturated heterocycles. The maximum Gasteiger partial charge on any atom is 0.0131 e. The largest absolute Gasteiger partial charge is 0.0761 e. The van der Waals surface area contributed by atoms with Gasteiger partial charge in [-0.05, 0) is 43.1 Å². The molecule has 0 aromatic heterocycles. The second-order valence-corrected chi connectivity index (χ2v) is 7.29. The van der Waals surface area contributed by atoms with E-state index in [0.29, 0.717) is 11.8 Å². The SMILES string of the molecule is C1=CC2=c3c(c4ccccc4c4ccccc34)=C3C=CC=CC3C2C=C1. The molecule has 3 aromatic carbocycles. The third-order valence-corrected chi connectivity index (χ3v) is 6.03. The van der Waals surface area contributed by atoms with Crippen molar-refractivity contribution < 1.29 is 0 Å². The predicted octanol–water partition coefficient (Wildman–Crippen LogP) is 4.79. The lowest BCUT2D eigenvalue weighted by atomic mass is 9.71. The standard InChI is InChI=1S/C26H18/c1-5-13-21-17(9-1)18-10-2-6-14-22(18)26-24-16-8-4-12-20(24)19-11-3-7-15-23(19)25(21)26/h1-18H. The molecule has 0 radical (unpaired) electrons. The van der Waals surface area contributed by atoms with Crippen LogP contribution in [0.15, 0.2) is 97.1 Å². The normalized spacial score (nSPS) is 22.6. The van der Waals surface area contributed by atoms with Gasteiger partial charge in [-0.2, -0.15) is 0 Å². The summed E-state index contributed by atoms with van der Waals surface area (Å²) in [5.41, 5.74) is 2.91. The van der Waals surface area contributed by atoms with E-state index in [4.69, 9.17) is 0 Å². The van der Waals surface area contributed by atoms with Crippen molar-refractivity contribution >= 4 is 32.7 Å². The highest BCUT2D eigenvalue weighted by Gasteiger charge is 2.30. The highest BCUT2D eigenvalue weighted by Crippen LogP contribution is 2.38. The number of hydrogen-bond donors (Lipinski definition) is 0. The van der Waals surface area contributed by atoms with Crippen LogP contribution in [0, 0.1) is 11.8 Å². The molecule has 0 nitrogen and oxygen atoms in total. The Bertz CT molecular complexity index is 1220. The fourth-order valence-corrected chi connectivity index (χ4v) is 4.98. The summed E-state index contributed by atoms with van der Waals surface area (Å²) < 4.78 is 0. The zero-order valence-corrected chi connectivity index (χ0v) is 14.4. The van der Waals surface area contributed by atoms with E-state index in [0.717, 1.165) is 0 Å². The summed E-state index contributed by atoms with van der Waals surface area (Å²) in [6.07, 6.45) is 18.2. The third kappa shape index (κ3) is 1.74. The predicted molar refractivity (Wildman–Crippen MR) is 111 cm³/mol. The molecule has 0 N–H and O–H groups in total. The Morgan fingerprint density at radius 2 is 0.885 bits per heavy atom. The highest BCUT2D eigenvalue weighted by molar-refractivity contribution is 6.10. The van der Waals surface area contributed by atoms with Gasteiger partial charge in [-0.25, -0.2) is 0 Å². The number of hydrogen-bond acceptors (Lipinski definition) is 0. The van der Waals surface area contributed by atoms with Crippen LogP contribution in [0.4, 0.5) is 0 Å². The number of rotatable bonds is 0. The van der Waals surface area contributed by atoms with Crippen LogP contribution in [-0.2, 0) is 0 Å². The van der Waals surface area contributed by atoms with Crippen molar-refractivity contribution in [3.05, 3.63) is 108 Å². The van der Waals surface area contributed by atoms with E-state index >= 15 is 0 Å². The highest BCUT2D eigenvalue weighted by atomic mass is 14.3. The first-order chi connectivity index (χ1) is 12.9. The molecule has 0 fully saturated rings. The van der Waals surface area contributed by atoms with Crippen LogP contribution in [0.2, 0.25) is 0 Å². The molecule has 0 heteroatoms. The summed E-state index contributed by atoms with van der Waals surface area (Å²) in [5.74, 6) is 0.849. The Labute approximate surface area is 152 Å². The molecule has 3 aliphatic carbocycles. The van der Waals surface area contributed by atoms with E-state index in [1.54, 1.807) is 0 Å². The van der Waals surface area contributed by atoms with Gasteiger partial charge in [-0.3, -0.25) is 0 Å². The minimum atomic E-state index is 0.424. The van der Waals surface area contributed by atoms with E-state index in [2.05, 4.69) is 97.1 Å². The van der Waals surface area contributed by atoms with Crippen LogP contribution >= 0.6 is 0 Å². The quantitative estimate of drug-likeness (QED) is 0.520. The lowest BCUT2D eigenvalue weighted by Crippen LogP contribution is -2.40. The Balaban J connectivity index is 2.02. The first-order valence-corrected chi connectivity index (χ1v) is 9.31. The number of benzene rings is 3. The summed E-state index contributed by atoms with van der Waals surface area (Å²) in [7, 11) is 0. The van der Waals surface area contributed by atoms with Gasteiger partial charge in [0.2, 0.25) is 0 Å². The molecule has 2 unspecified atom stereocenters. The lowest BCUT2D eigenvalue weighted by Gasteiger charge is -2.32. The molecule has 3 aromatic rings. The van der Waals surface area contributed by atoms with Crippen molar-refractivity contribution in [3.8, 4) is 0 Å². The molecule has 0 heterocycles. The van der Waals surface area contributed by atoms with Crippen molar-refractivity contribution in [1.29, 1.82) is 0 Å². The minimum absolute atomic E-state index is 0.424. The first-order valence-electron chi connectivity index (χ1n) is 9.31. The van der Waals surface area contributed by atoms with Crippen molar-refractivity contribution in [1.82, 2.24) is 0 Å². The fraction of sp³-hybridized carbons (Fsp3) is 0.0769. The molecular weight excluding hydrogens is 312 g/mol. The van der Waals surface area contributed by atoms with Gasteiger partial charge in [0, 0.05) is 11.8 Å². The maximum absolute atomic E-state index is 2.37. The second-order valence-electron chi connectivity index (χ2n) is 7.29. The molecule has 0 aliphatic heterocycles. The van der Waals surface area contributed by atoms with Crippen molar-refractivity contribution in [2.45, 2.75) is 0 Å². The van der Waals surface area contributed by atoms with E-state index in [1.807, 2.05) is 0 Å². The second kappa shape index (κ2) is 5.19. The minimum Gasteiger partial charge on any atom is -0.0761 e. The molecule has 122 valence electrons. The van der Waals surface area contributed by atoms with Crippen LogP contribution in [0.1, 0.15) is 0 Å². The molecule has 6 rings (SSSR count). The van der Waals surface area contributed by atoms with Crippen LogP contribution in [0.25, 0.3) is 32.7 Å². The van der Waals surface area contributed by atoms with Crippen LogP contribution in [-0.4, -0.2) is 0 Å². The molecular formula is C26H18. The van der Waals surface area contributed by atoms with E-state index in [1.165, 1.54) is 43.1 Å². The topological polar surface area (TPSA) is 0 Å². The van der Waals surface area contributed by atoms with E-state index in [-0.39, 0.29) is 0 Å². The lowest BCUT2D eigenvalue weighted by molar-refractivity contribution is 0.696. The van der Waals surface area contributed by atoms with Gasteiger partial charge in [0.15, 0.2) is 0 Å². The number of allylic oxidation sites excluding steroid dienone is 8. The molecule has 0 saturated carbocycles. The van der Waals surface area contributed by atoms with E-state index in [9.17, 15) is 0 Å². The van der Waals surface area contributed by atoms with E-state index < -0.39 is 0 Å². The van der Waals surface area contributed by atoms with Gasteiger partial charge in [0.05, 0.1) is 0 Å². The Kier molecular flexibility index (Phi) is 2.81. The van der Waals surface area contributed by atoms with Gasteiger partial charge < -0.3 is 0 Å². The molecule has 26 heavy (non-hydrogen) atoms. The maximum atomic E-state index is 2.37. The Hall–Kier alpha value is -3.12. The summed E-state index contributed by atoms with van der Waals surface area (Å²) >= 11 is 0. The summed E-state index contributed by atoms with van der Waals surface area (Å²) in [4.78, 5) is 0. The first kappa shape index (κ1) is 14.1. The zero-order valence-electron chi connectivity index (χ0n) is 14.4. The average molecular weight is 330 g/mol. The zero-order chi connectivity index (χ0) is 17.1. The molecule has 0 spiro atoms. The van der Waals surface area contributed by atoms with Gasteiger partial charge in [0.1, 0.15) is 0 Å². The smallest absolute Gasteiger partial charge is 0.0131 e. The molecule has 0 amide bonds. The van der Waals surface area contributed by atoms with Crippen molar-refractivity contribution in [2.24, 2.45) is 11.8 Å². The van der Waals surface area contributed by atoms with Crippen LogP contribution in [0.3, 0.4) is 0 Å². The van der Waals surface area contributed by atoms with Crippen molar-refractivity contribution in [2.75, 3.05) is 0 Å². The molecule has 0 bridgehead atoms. The van der Waals surface area contributed by atoms with Crippen molar-refractivity contribution in [3.63, 3.8) is 0 Å². The van der Waals surface area contributed by atoms with Crippen LogP contribution < -0.4 is 10.4 Å². The summed E-state index contributed by atoms with van der Waals surface area (Å²) in [6.45, 7) is 0. The Morgan fingerprint density at radius 1 is 0.462 bits per heavy atom. The fourth-order valence-electron chi connectivity index (χ4n) is 4.98. The van der Waals surface area contributed by atoms with Gasteiger partial charge in [0.25, 0.3) is 0 Å². The van der Waals surface area contributed by atoms with Crippen LogP contribution in [0.5, 0.6) is 0 Å². The average Bonchev–Trinajstić information content (AvgIpc) is 2.73. The monoisotopic (exact) mass is 330 g/mol. The molecule has 2 atom stereocenters. The third-order valence-electron chi connectivity index (χ3n) is 6.03. The van der Waals surface area contributed by atoms with Gasteiger partial charge >= 0.3 is 0 Å². The summed E-state index contributed by atoms with van der Waals surface area (Å²) in [6, 6.07) is 17.8. The Morgan fingerprint density at radius 3 is 1.35 bits per heavy atom. The number of fused-ring (bicyclic) bond motifs is 9. The van der Waals surface area contributed by atoms with Gasteiger partial charge in [-0.15, -0.1) is 0 Å².